The maximum atomic E-state index is 14.1. The highest BCUT2D eigenvalue weighted by Gasteiger charge is 2.87. The van der Waals surface area contributed by atoms with Crippen molar-refractivity contribution >= 4 is 36.9 Å². The number of esters is 2. The van der Waals surface area contributed by atoms with Crippen LogP contribution in [0.15, 0.2) is 12.2 Å². The van der Waals surface area contributed by atoms with Crippen molar-refractivity contribution in [3.8, 4) is 0 Å². The van der Waals surface area contributed by atoms with Crippen molar-refractivity contribution in [1.29, 1.82) is 0 Å². The van der Waals surface area contributed by atoms with Gasteiger partial charge in [-0.3, -0.25) is 9.59 Å². The number of carbonyl (C=O) groups excluding carboxylic acids is 2. The fourth-order valence-corrected chi connectivity index (χ4v) is 13.4. The van der Waals surface area contributed by atoms with Crippen LogP contribution in [0, 0.1) is 28.6 Å². The number of rotatable bonds is 7. The van der Waals surface area contributed by atoms with E-state index in [1.807, 2.05) is 6.92 Å². The SMILES string of the molecule is C=C1C[C@]23C[C@@]1(O[Si](C)(C)C)CCC2[C@@]12OC(=O)C(C)(C1[C@@H]3C(=O)OC)[C@@H](O[Si](C)(C)C)C[C@H]2O[Si](C)(C)C. The van der Waals surface area contributed by atoms with Crippen molar-refractivity contribution in [2.45, 2.75) is 121 Å². The van der Waals surface area contributed by atoms with Gasteiger partial charge in [-0.2, -0.15) is 0 Å². The van der Waals surface area contributed by atoms with Crippen LogP contribution in [0.1, 0.15) is 39.0 Å². The molecule has 5 fully saturated rings. The van der Waals surface area contributed by atoms with Crippen LogP contribution in [0.2, 0.25) is 58.9 Å². The standard InChI is InChI=1S/C29H50O7Si3/c1-18-16-27-17-28(18,36-39(10,11)12)14-13-19(27)29-21(35-38(7,8)9)15-20(34-37(4,5)6)26(2,25(31)33-29)23(29)22(27)24(30)32-3/h19-23H,1,13-17H2,2-12H3/t19?,20-,21+,22+,23?,26?,27-,28-,29-/m0/s1. The number of carbonyl (C=O) groups is 2. The molecule has 0 aromatic rings. The molecule has 3 unspecified atom stereocenters. The predicted octanol–water partition coefficient (Wildman–Crippen LogP) is 5.89. The smallest absolute Gasteiger partial charge is 0.315 e. The molecule has 0 aromatic carbocycles. The number of methoxy groups -OCH3 is 1. The van der Waals surface area contributed by atoms with Crippen LogP contribution in [0.4, 0.5) is 0 Å². The molecule has 0 amide bonds. The third-order valence-electron chi connectivity index (χ3n) is 10.2. The average Bonchev–Trinajstić information content (AvgIpc) is 3.20. The summed E-state index contributed by atoms with van der Waals surface area (Å²) in [6, 6.07) is 0. The molecule has 220 valence electrons. The lowest BCUT2D eigenvalue weighted by atomic mass is 9.58. The number of hydrogen-bond donors (Lipinski definition) is 0. The van der Waals surface area contributed by atoms with Crippen LogP contribution in [0.3, 0.4) is 0 Å². The fourth-order valence-electron chi connectivity index (χ4n) is 9.57. The van der Waals surface area contributed by atoms with Crippen LogP contribution in [0.5, 0.6) is 0 Å². The van der Waals surface area contributed by atoms with Crippen LogP contribution in [-0.2, 0) is 32.3 Å². The van der Waals surface area contributed by atoms with Gasteiger partial charge in [-0.25, -0.2) is 0 Å². The second-order valence-electron chi connectivity index (χ2n) is 16.2. The minimum Gasteiger partial charge on any atom is -0.469 e. The van der Waals surface area contributed by atoms with E-state index < -0.39 is 52.9 Å². The zero-order valence-corrected chi connectivity index (χ0v) is 29.0. The fraction of sp³-hybridized carbons (Fsp3) is 0.862. The maximum Gasteiger partial charge on any atom is 0.315 e. The molecule has 1 heterocycles. The first-order valence-corrected chi connectivity index (χ1v) is 24.9. The molecular weight excluding hydrogens is 545 g/mol. The van der Waals surface area contributed by atoms with Gasteiger partial charge in [0.2, 0.25) is 0 Å². The highest BCUT2D eigenvalue weighted by Crippen LogP contribution is 2.79. The minimum absolute atomic E-state index is 0.0309. The summed E-state index contributed by atoms with van der Waals surface area (Å²) in [5.41, 5.74) is -1.66. The molecule has 9 atom stereocenters. The van der Waals surface area contributed by atoms with Gasteiger partial charge >= 0.3 is 11.9 Å². The van der Waals surface area contributed by atoms with Crippen LogP contribution in [-0.4, -0.2) is 67.4 Å². The molecule has 1 aliphatic heterocycles. The Hall–Kier alpha value is -0.789. The molecule has 10 heteroatoms. The lowest BCUT2D eigenvalue weighted by molar-refractivity contribution is -0.176. The van der Waals surface area contributed by atoms with Crippen molar-refractivity contribution in [3.63, 3.8) is 0 Å². The van der Waals surface area contributed by atoms with Gasteiger partial charge in [-0.15, -0.1) is 0 Å². The van der Waals surface area contributed by atoms with Crippen LogP contribution in [0.25, 0.3) is 0 Å². The normalized spacial score (nSPS) is 45.2. The van der Waals surface area contributed by atoms with E-state index in [4.69, 9.17) is 22.8 Å². The summed E-state index contributed by atoms with van der Waals surface area (Å²) in [5, 5.41) is 0. The molecular formula is C29H50O7Si3. The lowest BCUT2D eigenvalue weighted by Gasteiger charge is -2.53. The first-order chi connectivity index (χ1) is 17.7. The van der Waals surface area contributed by atoms with Crippen LogP contribution >= 0.6 is 0 Å². The molecule has 1 spiro atoms. The monoisotopic (exact) mass is 594 g/mol. The van der Waals surface area contributed by atoms with Gasteiger partial charge in [0, 0.05) is 18.3 Å². The Morgan fingerprint density at radius 1 is 0.974 bits per heavy atom. The highest BCUT2D eigenvalue weighted by molar-refractivity contribution is 6.70. The van der Waals surface area contributed by atoms with E-state index in [1.165, 1.54) is 7.11 Å². The molecule has 0 N–H and O–H groups in total. The summed E-state index contributed by atoms with van der Waals surface area (Å²) in [4.78, 5) is 28.2. The van der Waals surface area contributed by atoms with Crippen LogP contribution < -0.4 is 0 Å². The Bertz CT molecular complexity index is 1090. The van der Waals surface area contributed by atoms with Crippen molar-refractivity contribution in [2.75, 3.05) is 7.11 Å². The summed E-state index contributed by atoms with van der Waals surface area (Å²) in [7, 11) is -4.58. The molecule has 1 saturated heterocycles. The van der Waals surface area contributed by atoms with Crippen molar-refractivity contribution in [2.24, 2.45) is 28.6 Å². The summed E-state index contributed by atoms with van der Waals surface area (Å²) in [6.45, 7) is 26.2. The molecule has 0 radical (unpaired) electrons. The second kappa shape index (κ2) is 8.63. The van der Waals surface area contributed by atoms with Crippen molar-refractivity contribution in [1.82, 2.24) is 0 Å². The Kier molecular flexibility index (Phi) is 6.57. The average molecular weight is 595 g/mol. The quantitative estimate of drug-likeness (QED) is 0.207. The Labute approximate surface area is 238 Å². The van der Waals surface area contributed by atoms with Gasteiger partial charge in [0.15, 0.2) is 25.0 Å². The lowest BCUT2D eigenvalue weighted by Crippen LogP contribution is -2.64. The van der Waals surface area contributed by atoms with E-state index >= 15 is 0 Å². The van der Waals surface area contributed by atoms with Crippen molar-refractivity contribution in [3.05, 3.63) is 12.2 Å². The van der Waals surface area contributed by atoms with E-state index in [1.54, 1.807) is 0 Å². The van der Waals surface area contributed by atoms with E-state index in [0.29, 0.717) is 12.8 Å². The zero-order chi connectivity index (χ0) is 29.2. The second-order valence-corrected chi connectivity index (χ2v) is 29.5. The highest BCUT2D eigenvalue weighted by atomic mass is 28.4. The Balaban J connectivity index is 1.73. The van der Waals surface area contributed by atoms with Gasteiger partial charge in [0.05, 0.1) is 36.3 Å². The van der Waals surface area contributed by atoms with E-state index in [0.717, 1.165) is 24.8 Å². The first kappa shape index (κ1) is 29.7. The molecule has 4 bridgehead atoms. The number of hydrogen-bond acceptors (Lipinski definition) is 7. The molecule has 7 nitrogen and oxygen atoms in total. The summed E-state index contributed by atoms with van der Waals surface area (Å²) in [6.07, 6.45) is 2.94. The summed E-state index contributed by atoms with van der Waals surface area (Å²) < 4.78 is 33.1. The molecule has 0 aromatic heterocycles. The van der Waals surface area contributed by atoms with E-state index in [9.17, 15) is 9.59 Å². The first-order valence-electron chi connectivity index (χ1n) is 14.7. The third-order valence-corrected chi connectivity index (χ3v) is 13.2. The Morgan fingerprint density at radius 2 is 1.56 bits per heavy atom. The topological polar surface area (TPSA) is 80.3 Å². The largest absolute Gasteiger partial charge is 0.469 e. The maximum absolute atomic E-state index is 14.1. The van der Waals surface area contributed by atoms with Gasteiger partial charge < -0.3 is 22.8 Å². The summed E-state index contributed by atoms with van der Waals surface area (Å²) in [5.74, 6) is -1.44. The number of ether oxygens (including phenoxy) is 2. The molecule has 5 aliphatic rings. The molecule has 39 heavy (non-hydrogen) atoms. The van der Waals surface area contributed by atoms with E-state index in [2.05, 4.69) is 65.5 Å². The van der Waals surface area contributed by atoms with Gasteiger partial charge in [-0.1, -0.05) is 6.58 Å². The van der Waals surface area contributed by atoms with Gasteiger partial charge in [0.1, 0.15) is 5.60 Å². The van der Waals surface area contributed by atoms with Gasteiger partial charge in [-0.05, 0) is 103 Å². The molecule has 4 saturated carbocycles. The van der Waals surface area contributed by atoms with Gasteiger partial charge in [0.25, 0.3) is 0 Å². The summed E-state index contributed by atoms with van der Waals surface area (Å²) >= 11 is 0. The van der Waals surface area contributed by atoms with Crippen molar-refractivity contribution < 1.29 is 32.3 Å². The van der Waals surface area contributed by atoms with E-state index in [-0.39, 0.29) is 36.0 Å². The Morgan fingerprint density at radius 3 is 2.10 bits per heavy atom. The third kappa shape index (κ3) is 4.17. The predicted molar refractivity (Wildman–Crippen MR) is 158 cm³/mol. The minimum atomic E-state index is -2.07. The molecule has 5 rings (SSSR count). The number of fused-ring (bicyclic) bond motifs is 1. The zero-order valence-electron chi connectivity index (χ0n) is 26.0. The molecule has 4 aliphatic carbocycles.